The van der Waals surface area contributed by atoms with Crippen LogP contribution in [0.1, 0.15) is 10.4 Å². The predicted molar refractivity (Wildman–Crippen MR) is 69.9 cm³/mol. The van der Waals surface area contributed by atoms with Crippen molar-refractivity contribution in [1.29, 1.82) is 0 Å². The van der Waals surface area contributed by atoms with Gasteiger partial charge < -0.3 is 5.32 Å². The van der Waals surface area contributed by atoms with Crippen LogP contribution in [0.25, 0.3) is 16.1 Å². The van der Waals surface area contributed by atoms with Gasteiger partial charge in [0.15, 0.2) is 0 Å². The number of aromatic nitrogens is 2. The zero-order valence-electron chi connectivity index (χ0n) is 10.1. The van der Waals surface area contributed by atoms with Crippen molar-refractivity contribution in [2.45, 2.75) is 0 Å². The molecule has 0 bridgehead atoms. The summed E-state index contributed by atoms with van der Waals surface area (Å²) in [6, 6.07) is 9.51. The highest BCUT2D eigenvalue weighted by Crippen LogP contribution is 2.07. The molecule has 1 aromatic heterocycles. The molecule has 0 atom stereocenters. The Morgan fingerprint density at radius 1 is 1.42 bits per heavy atom. The standard InChI is InChI=1S/C12H12N6O/c13-17-15-7-6-14-12(19)10-8-16-18(9-10)11-4-2-1-3-5-11/h1-5,8-9H,6-7H2,(H,14,19). The molecule has 19 heavy (non-hydrogen) atoms. The quantitative estimate of drug-likeness (QED) is 0.383. The van der Waals surface area contributed by atoms with Crippen molar-refractivity contribution in [3.8, 4) is 5.69 Å². The Hall–Kier alpha value is -2.79. The molecule has 0 fully saturated rings. The molecule has 0 aliphatic carbocycles. The number of hydrogen-bond acceptors (Lipinski definition) is 3. The number of carbonyl (C=O) groups is 1. The number of rotatable bonds is 5. The molecule has 0 saturated heterocycles. The Labute approximate surface area is 109 Å². The second-order valence-electron chi connectivity index (χ2n) is 3.72. The molecule has 1 N–H and O–H groups in total. The topological polar surface area (TPSA) is 95.7 Å². The van der Waals surface area contributed by atoms with Gasteiger partial charge in [-0.2, -0.15) is 5.10 Å². The molecule has 7 heteroatoms. The van der Waals surface area contributed by atoms with Crippen LogP contribution in [-0.4, -0.2) is 28.8 Å². The molecule has 96 valence electrons. The van der Waals surface area contributed by atoms with E-state index >= 15 is 0 Å². The van der Waals surface area contributed by atoms with Gasteiger partial charge in [0.2, 0.25) is 0 Å². The number of nitrogens with one attached hydrogen (secondary N) is 1. The molecule has 2 rings (SSSR count). The van der Waals surface area contributed by atoms with Gasteiger partial charge >= 0.3 is 0 Å². The highest BCUT2D eigenvalue weighted by atomic mass is 16.1. The molecule has 1 heterocycles. The molecule has 0 radical (unpaired) electrons. The summed E-state index contributed by atoms with van der Waals surface area (Å²) >= 11 is 0. The molecule has 1 amide bonds. The minimum atomic E-state index is -0.240. The Morgan fingerprint density at radius 3 is 2.95 bits per heavy atom. The molecule has 0 aliphatic rings. The van der Waals surface area contributed by atoms with E-state index in [2.05, 4.69) is 20.4 Å². The van der Waals surface area contributed by atoms with Crippen LogP contribution in [0.15, 0.2) is 47.8 Å². The third-order valence-corrected chi connectivity index (χ3v) is 2.43. The Morgan fingerprint density at radius 2 is 2.21 bits per heavy atom. The van der Waals surface area contributed by atoms with Gasteiger partial charge in [0.25, 0.3) is 5.91 Å². The van der Waals surface area contributed by atoms with Crippen molar-refractivity contribution in [3.63, 3.8) is 0 Å². The average molecular weight is 256 g/mol. The van der Waals surface area contributed by atoms with Crippen molar-refractivity contribution in [2.75, 3.05) is 13.1 Å². The molecular formula is C12H12N6O. The number of amides is 1. The van der Waals surface area contributed by atoms with Crippen LogP contribution >= 0.6 is 0 Å². The second-order valence-corrected chi connectivity index (χ2v) is 3.72. The first-order valence-corrected chi connectivity index (χ1v) is 5.70. The number of azide groups is 1. The molecule has 0 saturated carbocycles. The molecule has 0 aliphatic heterocycles. The minimum absolute atomic E-state index is 0.231. The van der Waals surface area contributed by atoms with E-state index in [9.17, 15) is 4.79 Å². The highest BCUT2D eigenvalue weighted by Gasteiger charge is 2.08. The van der Waals surface area contributed by atoms with Gasteiger partial charge in [0.1, 0.15) is 0 Å². The van der Waals surface area contributed by atoms with Crippen molar-refractivity contribution >= 4 is 5.91 Å². The first-order chi connectivity index (χ1) is 9.31. The SMILES string of the molecule is [N-]=[N+]=NCCNC(=O)c1cnn(-c2ccccc2)c1. The van der Waals surface area contributed by atoms with Gasteiger partial charge in [0.05, 0.1) is 17.4 Å². The Bertz CT molecular complexity index is 600. The molecule has 2 aromatic rings. The fourth-order valence-electron chi connectivity index (χ4n) is 1.53. The lowest BCUT2D eigenvalue weighted by atomic mass is 10.3. The van der Waals surface area contributed by atoms with Crippen LogP contribution in [0.4, 0.5) is 0 Å². The first kappa shape index (κ1) is 12.7. The maximum atomic E-state index is 11.8. The van der Waals surface area contributed by atoms with E-state index in [1.165, 1.54) is 6.20 Å². The van der Waals surface area contributed by atoms with E-state index in [0.717, 1.165) is 5.69 Å². The van der Waals surface area contributed by atoms with Crippen LogP contribution in [0.2, 0.25) is 0 Å². The zero-order chi connectivity index (χ0) is 13.5. The zero-order valence-corrected chi connectivity index (χ0v) is 10.1. The molecule has 1 aromatic carbocycles. The summed E-state index contributed by atoms with van der Waals surface area (Å²) in [5.41, 5.74) is 9.46. The van der Waals surface area contributed by atoms with Crippen LogP contribution in [0.3, 0.4) is 0 Å². The number of carbonyl (C=O) groups excluding carboxylic acids is 1. The van der Waals surface area contributed by atoms with Gasteiger partial charge in [0, 0.05) is 24.2 Å². The smallest absolute Gasteiger partial charge is 0.254 e. The molecular weight excluding hydrogens is 244 g/mol. The Kier molecular flexibility index (Phi) is 4.15. The van der Waals surface area contributed by atoms with Crippen LogP contribution in [-0.2, 0) is 0 Å². The van der Waals surface area contributed by atoms with Crippen LogP contribution < -0.4 is 5.32 Å². The summed E-state index contributed by atoms with van der Waals surface area (Å²) in [4.78, 5) is 14.4. The predicted octanol–water partition coefficient (Wildman–Crippen LogP) is 1.91. The number of para-hydroxylation sites is 1. The van der Waals surface area contributed by atoms with E-state index in [-0.39, 0.29) is 12.5 Å². The summed E-state index contributed by atoms with van der Waals surface area (Å²) < 4.78 is 1.63. The summed E-state index contributed by atoms with van der Waals surface area (Å²) in [6.07, 6.45) is 3.15. The van der Waals surface area contributed by atoms with E-state index in [1.54, 1.807) is 10.9 Å². The lowest BCUT2D eigenvalue weighted by Gasteiger charge is -2.00. The lowest BCUT2D eigenvalue weighted by Crippen LogP contribution is -2.25. The van der Waals surface area contributed by atoms with Gasteiger partial charge in [-0.25, -0.2) is 4.68 Å². The van der Waals surface area contributed by atoms with Crippen LogP contribution in [0, 0.1) is 0 Å². The summed E-state index contributed by atoms with van der Waals surface area (Å²) in [7, 11) is 0. The van der Waals surface area contributed by atoms with Gasteiger partial charge in [-0.1, -0.05) is 23.3 Å². The lowest BCUT2D eigenvalue weighted by molar-refractivity contribution is 0.0955. The minimum Gasteiger partial charge on any atom is -0.352 e. The van der Waals surface area contributed by atoms with Gasteiger partial charge in [-0.05, 0) is 17.7 Å². The van der Waals surface area contributed by atoms with E-state index in [1.807, 2.05) is 30.3 Å². The van der Waals surface area contributed by atoms with Crippen molar-refractivity contribution in [1.82, 2.24) is 15.1 Å². The number of nitrogens with zero attached hydrogens (tertiary/aromatic N) is 5. The highest BCUT2D eigenvalue weighted by molar-refractivity contribution is 5.93. The van der Waals surface area contributed by atoms with Crippen molar-refractivity contribution in [3.05, 3.63) is 58.7 Å². The largest absolute Gasteiger partial charge is 0.352 e. The number of hydrogen-bond donors (Lipinski definition) is 1. The summed E-state index contributed by atoms with van der Waals surface area (Å²) in [6.45, 7) is 0.536. The third-order valence-electron chi connectivity index (χ3n) is 2.43. The summed E-state index contributed by atoms with van der Waals surface area (Å²) in [5.74, 6) is -0.240. The van der Waals surface area contributed by atoms with Crippen molar-refractivity contribution < 1.29 is 4.79 Å². The first-order valence-electron chi connectivity index (χ1n) is 5.70. The third kappa shape index (κ3) is 3.34. The van der Waals surface area contributed by atoms with Crippen molar-refractivity contribution in [2.24, 2.45) is 5.11 Å². The van der Waals surface area contributed by atoms with E-state index < -0.39 is 0 Å². The fourth-order valence-corrected chi connectivity index (χ4v) is 1.53. The second kappa shape index (κ2) is 6.23. The van der Waals surface area contributed by atoms with E-state index in [4.69, 9.17) is 5.53 Å². The maximum absolute atomic E-state index is 11.8. The summed E-state index contributed by atoms with van der Waals surface area (Å²) in [5, 5.41) is 10.1. The maximum Gasteiger partial charge on any atom is 0.254 e. The number of benzene rings is 1. The average Bonchev–Trinajstić information content (AvgIpc) is 2.94. The van der Waals surface area contributed by atoms with Gasteiger partial charge in [-0.3, -0.25) is 4.79 Å². The van der Waals surface area contributed by atoms with Crippen LogP contribution in [0.5, 0.6) is 0 Å². The fraction of sp³-hybridized carbons (Fsp3) is 0.167. The van der Waals surface area contributed by atoms with Gasteiger partial charge in [-0.15, -0.1) is 0 Å². The normalized spacial score (nSPS) is 9.68. The van der Waals surface area contributed by atoms with E-state index in [0.29, 0.717) is 12.1 Å². The monoisotopic (exact) mass is 256 g/mol. The Balaban J connectivity index is 2.01. The molecule has 0 unspecified atom stereocenters. The molecule has 0 spiro atoms. The molecule has 7 nitrogen and oxygen atoms in total.